The van der Waals surface area contributed by atoms with Crippen molar-refractivity contribution in [2.24, 2.45) is 11.3 Å². The molecule has 2 nitrogen and oxygen atoms in total. The fourth-order valence-corrected chi connectivity index (χ4v) is 2.41. The molecular weight excluding hydrogens is 162 g/mol. The largest absolute Gasteiger partial charge is 0.380 e. The van der Waals surface area contributed by atoms with Crippen molar-refractivity contribution < 1.29 is 4.74 Å². The molecule has 2 rings (SSSR count). The van der Waals surface area contributed by atoms with Gasteiger partial charge in [0, 0.05) is 12.0 Å². The van der Waals surface area contributed by atoms with Crippen molar-refractivity contribution in [2.45, 2.75) is 26.7 Å². The molecule has 0 unspecified atom stereocenters. The molecule has 0 aromatic carbocycles. The second-order valence-corrected chi connectivity index (χ2v) is 5.19. The van der Waals surface area contributed by atoms with Gasteiger partial charge in [-0.25, -0.2) is 0 Å². The lowest BCUT2D eigenvalue weighted by Crippen LogP contribution is -2.51. The average molecular weight is 183 g/mol. The average Bonchev–Trinajstić information content (AvgIpc) is 2.02. The Bertz CT molecular complexity index is 165. The van der Waals surface area contributed by atoms with E-state index in [4.69, 9.17) is 4.74 Å². The molecule has 0 aromatic heterocycles. The molecule has 0 saturated carbocycles. The summed E-state index contributed by atoms with van der Waals surface area (Å²) >= 11 is 0. The summed E-state index contributed by atoms with van der Waals surface area (Å²) in [6.07, 6.45) is 2.72. The van der Waals surface area contributed by atoms with E-state index in [9.17, 15) is 0 Å². The van der Waals surface area contributed by atoms with Crippen molar-refractivity contribution in [1.29, 1.82) is 0 Å². The Hall–Kier alpha value is -0.0800. The molecule has 2 fully saturated rings. The number of nitrogens with zero attached hydrogens (tertiary/aromatic N) is 1. The minimum atomic E-state index is 0.605. The smallest absolute Gasteiger partial charge is 0.0545 e. The van der Waals surface area contributed by atoms with Gasteiger partial charge < -0.3 is 9.64 Å². The van der Waals surface area contributed by atoms with Crippen LogP contribution in [0.15, 0.2) is 0 Å². The van der Waals surface area contributed by atoms with E-state index in [0.29, 0.717) is 5.41 Å². The van der Waals surface area contributed by atoms with Crippen molar-refractivity contribution in [1.82, 2.24) is 4.90 Å². The van der Waals surface area contributed by atoms with E-state index in [1.165, 1.54) is 32.5 Å². The van der Waals surface area contributed by atoms with Crippen LogP contribution >= 0.6 is 0 Å². The lowest BCUT2D eigenvalue weighted by atomic mass is 9.77. The van der Waals surface area contributed by atoms with Gasteiger partial charge in [-0.05, 0) is 31.8 Å². The number of rotatable bonds is 2. The zero-order chi connectivity index (χ0) is 9.31. The van der Waals surface area contributed by atoms with Crippen molar-refractivity contribution in [3.63, 3.8) is 0 Å². The number of likely N-dealkylation sites (tertiary alicyclic amines) is 1. The van der Waals surface area contributed by atoms with Gasteiger partial charge in [-0.1, -0.05) is 13.8 Å². The van der Waals surface area contributed by atoms with Crippen LogP contribution in [0.4, 0.5) is 0 Å². The summed E-state index contributed by atoms with van der Waals surface area (Å²) in [5, 5.41) is 0. The maximum absolute atomic E-state index is 5.31. The van der Waals surface area contributed by atoms with Crippen LogP contribution < -0.4 is 0 Å². The summed E-state index contributed by atoms with van der Waals surface area (Å²) in [5.41, 5.74) is 0.605. The topological polar surface area (TPSA) is 12.5 Å². The summed E-state index contributed by atoms with van der Waals surface area (Å²) in [5.74, 6) is 0.812. The fourth-order valence-electron chi connectivity index (χ4n) is 2.41. The van der Waals surface area contributed by atoms with Gasteiger partial charge in [-0.15, -0.1) is 0 Å². The summed E-state index contributed by atoms with van der Waals surface area (Å²) in [6, 6.07) is 0. The Morgan fingerprint density at radius 2 is 1.85 bits per heavy atom. The first-order valence-corrected chi connectivity index (χ1v) is 5.50. The van der Waals surface area contributed by atoms with Crippen LogP contribution in [-0.4, -0.2) is 37.7 Å². The van der Waals surface area contributed by atoms with E-state index in [1.54, 1.807) is 0 Å². The molecule has 0 aliphatic carbocycles. The summed E-state index contributed by atoms with van der Waals surface area (Å²) in [4.78, 5) is 2.61. The quantitative estimate of drug-likeness (QED) is 0.647. The van der Waals surface area contributed by atoms with Gasteiger partial charge in [-0.2, -0.15) is 0 Å². The van der Waals surface area contributed by atoms with E-state index in [2.05, 4.69) is 18.7 Å². The summed E-state index contributed by atoms with van der Waals surface area (Å²) in [7, 11) is 0. The predicted octanol–water partition coefficient (Wildman–Crippen LogP) is 1.75. The monoisotopic (exact) mass is 183 g/mol. The SMILES string of the molecule is CC(C)CN1CCC2(CC1)COC2. The van der Waals surface area contributed by atoms with E-state index in [1.807, 2.05) is 0 Å². The molecular formula is C11H21NO. The Kier molecular flexibility index (Phi) is 2.61. The highest BCUT2D eigenvalue weighted by Crippen LogP contribution is 2.38. The molecule has 2 heteroatoms. The zero-order valence-corrected chi connectivity index (χ0v) is 8.88. The molecule has 0 atom stereocenters. The van der Waals surface area contributed by atoms with Gasteiger partial charge in [0.2, 0.25) is 0 Å². The van der Waals surface area contributed by atoms with Crippen molar-refractivity contribution in [3.8, 4) is 0 Å². The molecule has 13 heavy (non-hydrogen) atoms. The van der Waals surface area contributed by atoms with Crippen LogP contribution in [-0.2, 0) is 4.74 Å². The van der Waals surface area contributed by atoms with Crippen LogP contribution in [0.25, 0.3) is 0 Å². The number of piperidine rings is 1. The third kappa shape index (κ3) is 2.05. The molecule has 0 bridgehead atoms. The molecule has 1 spiro atoms. The van der Waals surface area contributed by atoms with Gasteiger partial charge in [-0.3, -0.25) is 0 Å². The van der Waals surface area contributed by atoms with Crippen LogP contribution in [0.2, 0.25) is 0 Å². The van der Waals surface area contributed by atoms with E-state index in [0.717, 1.165) is 19.1 Å². The van der Waals surface area contributed by atoms with Gasteiger partial charge in [0.25, 0.3) is 0 Å². The van der Waals surface area contributed by atoms with Crippen LogP contribution in [0.3, 0.4) is 0 Å². The minimum Gasteiger partial charge on any atom is -0.380 e. The molecule has 0 aromatic rings. The normalized spacial score (nSPS) is 27.9. The second kappa shape index (κ2) is 3.58. The Balaban J connectivity index is 1.76. The third-order valence-corrected chi connectivity index (χ3v) is 3.36. The standard InChI is InChI=1S/C11H21NO/c1-10(2)7-12-5-3-11(4-6-12)8-13-9-11/h10H,3-9H2,1-2H3. The zero-order valence-electron chi connectivity index (χ0n) is 8.88. The lowest BCUT2D eigenvalue weighted by Gasteiger charge is -2.47. The first kappa shape index (κ1) is 9.47. The molecule has 0 amide bonds. The molecule has 2 aliphatic heterocycles. The number of hydrogen-bond donors (Lipinski definition) is 0. The summed E-state index contributed by atoms with van der Waals surface area (Å²) < 4.78 is 5.31. The van der Waals surface area contributed by atoms with E-state index in [-0.39, 0.29) is 0 Å². The summed E-state index contributed by atoms with van der Waals surface area (Å²) in [6.45, 7) is 10.5. The van der Waals surface area contributed by atoms with Gasteiger partial charge in [0.1, 0.15) is 0 Å². The highest BCUT2D eigenvalue weighted by atomic mass is 16.5. The molecule has 2 saturated heterocycles. The van der Waals surface area contributed by atoms with E-state index >= 15 is 0 Å². The molecule has 76 valence electrons. The first-order chi connectivity index (χ1) is 6.20. The minimum absolute atomic E-state index is 0.605. The first-order valence-electron chi connectivity index (χ1n) is 5.50. The van der Waals surface area contributed by atoms with Crippen LogP contribution in [0.1, 0.15) is 26.7 Å². The van der Waals surface area contributed by atoms with Crippen LogP contribution in [0, 0.1) is 11.3 Å². The highest BCUT2D eigenvalue weighted by molar-refractivity contribution is 4.90. The Morgan fingerprint density at radius 1 is 1.23 bits per heavy atom. The van der Waals surface area contributed by atoms with Crippen molar-refractivity contribution in [3.05, 3.63) is 0 Å². The predicted molar refractivity (Wildman–Crippen MR) is 53.8 cm³/mol. The third-order valence-electron chi connectivity index (χ3n) is 3.36. The van der Waals surface area contributed by atoms with Crippen LogP contribution in [0.5, 0.6) is 0 Å². The van der Waals surface area contributed by atoms with Gasteiger partial charge >= 0.3 is 0 Å². The van der Waals surface area contributed by atoms with Gasteiger partial charge in [0.05, 0.1) is 13.2 Å². The second-order valence-electron chi connectivity index (χ2n) is 5.19. The van der Waals surface area contributed by atoms with E-state index < -0.39 is 0 Å². The highest BCUT2D eigenvalue weighted by Gasteiger charge is 2.40. The maximum Gasteiger partial charge on any atom is 0.0545 e. The molecule has 0 N–H and O–H groups in total. The lowest BCUT2D eigenvalue weighted by molar-refractivity contribution is -0.140. The molecule has 2 aliphatic rings. The van der Waals surface area contributed by atoms with Crippen molar-refractivity contribution in [2.75, 3.05) is 32.8 Å². The number of ether oxygens (including phenoxy) is 1. The van der Waals surface area contributed by atoms with Gasteiger partial charge in [0.15, 0.2) is 0 Å². The molecule has 2 heterocycles. The molecule has 0 radical (unpaired) electrons. The maximum atomic E-state index is 5.31. The van der Waals surface area contributed by atoms with Crippen molar-refractivity contribution >= 4 is 0 Å². The Labute approximate surface area is 81.3 Å². The Morgan fingerprint density at radius 3 is 2.23 bits per heavy atom. The number of hydrogen-bond acceptors (Lipinski definition) is 2. The fraction of sp³-hybridized carbons (Fsp3) is 1.00.